The first-order chi connectivity index (χ1) is 13.7. The number of carbonyl (C=O) groups is 2. The highest BCUT2D eigenvalue weighted by atomic mass is 19.4. The number of likely N-dealkylation sites (tertiary alicyclic amines) is 1. The third kappa shape index (κ3) is 5.59. The second kappa shape index (κ2) is 8.68. The molecule has 1 heterocycles. The summed E-state index contributed by atoms with van der Waals surface area (Å²) < 4.78 is 37.7. The summed E-state index contributed by atoms with van der Waals surface area (Å²) in [6.07, 6.45) is -3.75. The van der Waals surface area contributed by atoms with Gasteiger partial charge in [-0.25, -0.2) is 0 Å². The number of rotatable bonds is 6. The second-order valence-corrected chi connectivity index (χ2v) is 7.40. The number of aryl methyl sites for hydroxylation is 1. The van der Waals surface area contributed by atoms with E-state index >= 15 is 0 Å². The molecule has 29 heavy (non-hydrogen) atoms. The third-order valence-corrected chi connectivity index (χ3v) is 5.07. The lowest BCUT2D eigenvalue weighted by atomic mass is 10.1. The van der Waals surface area contributed by atoms with Gasteiger partial charge in [-0.3, -0.25) is 9.59 Å². The van der Waals surface area contributed by atoms with Crippen LogP contribution in [0, 0.1) is 12.8 Å². The van der Waals surface area contributed by atoms with Crippen molar-refractivity contribution in [3.63, 3.8) is 0 Å². The van der Waals surface area contributed by atoms with Gasteiger partial charge in [-0.05, 0) is 36.6 Å². The number of hydrogen-bond acceptors (Lipinski definition) is 2. The highest BCUT2D eigenvalue weighted by Gasteiger charge is 2.34. The Labute approximate surface area is 167 Å². The Hall–Kier alpha value is -2.83. The summed E-state index contributed by atoms with van der Waals surface area (Å²) in [5.41, 5.74) is 2.18. The lowest BCUT2D eigenvalue weighted by molar-refractivity contribution is -0.137. The zero-order chi connectivity index (χ0) is 21.0. The Morgan fingerprint density at radius 1 is 1.07 bits per heavy atom. The fraction of sp³-hybridized carbons (Fsp3) is 0.364. The number of nitrogens with zero attached hydrogens (tertiary/aromatic N) is 1. The fourth-order valence-electron chi connectivity index (χ4n) is 3.35. The maximum absolute atomic E-state index is 12.6. The minimum absolute atomic E-state index is 0.0477. The first-order valence-electron chi connectivity index (χ1n) is 9.49. The Morgan fingerprint density at radius 3 is 2.31 bits per heavy atom. The SMILES string of the molecule is Cc1ccc(CN2CC(C(=O)NCCc3ccc(C(F)(F)F)cc3)CC2=O)cc1. The van der Waals surface area contributed by atoms with E-state index in [2.05, 4.69) is 5.32 Å². The molecule has 1 aliphatic rings. The Kier molecular flexibility index (Phi) is 6.25. The van der Waals surface area contributed by atoms with Crippen LogP contribution in [0.15, 0.2) is 48.5 Å². The van der Waals surface area contributed by atoms with Crippen molar-refractivity contribution in [1.82, 2.24) is 10.2 Å². The van der Waals surface area contributed by atoms with E-state index in [1.165, 1.54) is 12.1 Å². The molecule has 0 saturated carbocycles. The minimum Gasteiger partial charge on any atom is -0.355 e. The maximum Gasteiger partial charge on any atom is 0.416 e. The van der Waals surface area contributed by atoms with Crippen LogP contribution in [-0.2, 0) is 28.7 Å². The second-order valence-electron chi connectivity index (χ2n) is 7.40. The molecule has 3 rings (SSSR count). The van der Waals surface area contributed by atoms with Gasteiger partial charge in [-0.15, -0.1) is 0 Å². The molecule has 4 nitrogen and oxygen atoms in total. The largest absolute Gasteiger partial charge is 0.416 e. The monoisotopic (exact) mass is 404 g/mol. The fourth-order valence-corrected chi connectivity index (χ4v) is 3.35. The third-order valence-electron chi connectivity index (χ3n) is 5.07. The molecule has 1 saturated heterocycles. The quantitative estimate of drug-likeness (QED) is 0.798. The van der Waals surface area contributed by atoms with Gasteiger partial charge in [-0.1, -0.05) is 42.0 Å². The molecule has 7 heteroatoms. The molecule has 2 aromatic carbocycles. The van der Waals surface area contributed by atoms with Crippen molar-refractivity contribution in [1.29, 1.82) is 0 Å². The van der Waals surface area contributed by atoms with Crippen molar-refractivity contribution < 1.29 is 22.8 Å². The van der Waals surface area contributed by atoms with Crippen LogP contribution in [0.5, 0.6) is 0 Å². The van der Waals surface area contributed by atoms with Crippen LogP contribution in [0.25, 0.3) is 0 Å². The number of hydrogen-bond donors (Lipinski definition) is 1. The normalized spacial score (nSPS) is 16.9. The number of halogens is 3. The van der Waals surface area contributed by atoms with Crippen LogP contribution in [-0.4, -0.2) is 29.8 Å². The molecular weight excluding hydrogens is 381 g/mol. The smallest absolute Gasteiger partial charge is 0.355 e. The summed E-state index contributed by atoms with van der Waals surface area (Å²) in [6, 6.07) is 12.8. The summed E-state index contributed by atoms with van der Waals surface area (Å²) in [5, 5.41) is 2.79. The van der Waals surface area contributed by atoms with E-state index in [-0.39, 0.29) is 18.2 Å². The van der Waals surface area contributed by atoms with Gasteiger partial charge in [-0.2, -0.15) is 13.2 Å². The first-order valence-corrected chi connectivity index (χ1v) is 9.49. The van der Waals surface area contributed by atoms with Crippen LogP contribution in [0.3, 0.4) is 0 Å². The predicted molar refractivity (Wildman–Crippen MR) is 103 cm³/mol. The minimum atomic E-state index is -4.35. The molecule has 1 aliphatic heterocycles. The van der Waals surface area contributed by atoms with Crippen molar-refractivity contribution in [3.8, 4) is 0 Å². The predicted octanol–water partition coefficient (Wildman–Crippen LogP) is 3.72. The Morgan fingerprint density at radius 2 is 1.69 bits per heavy atom. The van der Waals surface area contributed by atoms with Gasteiger partial charge in [0.05, 0.1) is 11.5 Å². The molecule has 2 amide bonds. The van der Waals surface area contributed by atoms with E-state index in [1.54, 1.807) is 4.90 Å². The summed E-state index contributed by atoms with van der Waals surface area (Å²) in [7, 11) is 0. The number of nitrogens with one attached hydrogen (secondary N) is 1. The van der Waals surface area contributed by atoms with Crippen LogP contribution < -0.4 is 5.32 Å². The first kappa shape index (κ1) is 20.9. The number of carbonyl (C=O) groups excluding carboxylic acids is 2. The topological polar surface area (TPSA) is 49.4 Å². The lowest BCUT2D eigenvalue weighted by Crippen LogP contribution is -2.34. The molecule has 2 aromatic rings. The molecule has 0 bridgehead atoms. The standard InChI is InChI=1S/C22H23F3N2O2/c1-15-2-4-17(5-3-15)13-27-14-18(12-20(27)28)21(29)26-11-10-16-6-8-19(9-7-16)22(23,24)25/h2-9,18H,10-14H2,1H3,(H,26,29). The molecule has 1 atom stereocenters. The highest BCUT2D eigenvalue weighted by Crippen LogP contribution is 2.29. The van der Waals surface area contributed by atoms with Gasteiger partial charge in [0, 0.05) is 26.1 Å². The van der Waals surface area contributed by atoms with E-state index in [1.807, 2.05) is 31.2 Å². The van der Waals surface area contributed by atoms with Crippen LogP contribution in [0.2, 0.25) is 0 Å². The molecule has 0 spiro atoms. The summed E-state index contributed by atoms with van der Waals surface area (Å²) in [5.74, 6) is -0.648. The molecule has 0 aliphatic carbocycles. The number of benzene rings is 2. The number of amides is 2. The van der Waals surface area contributed by atoms with Gasteiger partial charge in [0.25, 0.3) is 0 Å². The zero-order valence-corrected chi connectivity index (χ0v) is 16.1. The molecular formula is C22H23F3N2O2. The molecule has 1 unspecified atom stereocenters. The molecule has 154 valence electrons. The van der Waals surface area contributed by atoms with Gasteiger partial charge in [0.2, 0.25) is 11.8 Å². The molecule has 0 aromatic heterocycles. The number of alkyl halides is 3. The van der Waals surface area contributed by atoms with E-state index in [0.29, 0.717) is 31.6 Å². The Bertz CT molecular complexity index is 861. The van der Waals surface area contributed by atoms with Crippen molar-refractivity contribution in [2.75, 3.05) is 13.1 Å². The van der Waals surface area contributed by atoms with Gasteiger partial charge in [0.15, 0.2) is 0 Å². The zero-order valence-electron chi connectivity index (χ0n) is 16.1. The van der Waals surface area contributed by atoms with E-state index < -0.39 is 17.7 Å². The molecule has 1 N–H and O–H groups in total. The lowest BCUT2D eigenvalue weighted by Gasteiger charge is -2.17. The van der Waals surface area contributed by atoms with E-state index in [0.717, 1.165) is 23.3 Å². The van der Waals surface area contributed by atoms with Crippen molar-refractivity contribution in [3.05, 3.63) is 70.8 Å². The van der Waals surface area contributed by atoms with Crippen LogP contribution >= 0.6 is 0 Å². The summed E-state index contributed by atoms with van der Waals surface area (Å²) >= 11 is 0. The van der Waals surface area contributed by atoms with Crippen molar-refractivity contribution >= 4 is 11.8 Å². The molecule has 0 radical (unpaired) electrons. The summed E-state index contributed by atoms with van der Waals surface area (Å²) in [6.45, 7) is 3.16. The van der Waals surface area contributed by atoms with Crippen LogP contribution in [0.4, 0.5) is 13.2 Å². The van der Waals surface area contributed by atoms with Gasteiger partial charge >= 0.3 is 6.18 Å². The van der Waals surface area contributed by atoms with Crippen LogP contribution in [0.1, 0.15) is 28.7 Å². The van der Waals surface area contributed by atoms with Gasteiger partial charge in [0.1, 0.15) is 0 Å². The van der Waals surface area contributed by atoms with Gasteiger partial charge < -0.3 is 10.2 Å². The maximum atomic E-state index is 12.6. The van der Waals surface area contributed by atoms with Crippen molar-refractivity contribution in [2.24, 2.45) is 5.92 Å². The average Bonchev–Trinajstić information content (AvgIpc) is 3.04. The summed E-state index contributed by atoms with van der Waals surface area (Å²) in [4.78, 5) is 26.3. The van der Waals surface area contributed by atoms with E-state index in [9.17, 15) is 22.8 Å². The highest BCUT2D eigenvalue weighted by molar-refractivity contribution is 5.89. The van der Waals surface area contributed by atoms with E-state index in [4.69, 9.17) is 0 Å². The average molecular weight is 404 g/mol. The molecule has 1 fully saturated rings. The Balaban J connectivity index is 1.46. The van der Waals surface area contributed by atoms with Crippen molar-refractivity contribution in [2.45, 2.75) is 32.5 Å².